The molecule has 0 spiro atoms. The third-order valence-corrected chi connectivity index (χ3v) is 4.63. The van der Waals surface area contributed by atoms with Gasteiger partial charge in [-0.3, -0.25) is 5.43 Å². The number of amidine groups is 1. The summed E-state index contributed by atoms with van der Waals surface area (Å²) in [6, 6.07) is 27.7. The summed E-state index contributed by atoms with van der Waals surface area (Å²) in [5.74, 6) is 1.32. The van der Waals surface area contributed by atoms with Gasteiger partial charge in [0.15, 0.2) is 5.84 Å². The summed E-state index contributed by atoms with van der Waals surface area (Å²) in [7, 11) is 1.64. The van der Waals surface area contributed by atoms with Crippen LogP contribution < -0.4 is 10.2 Å². The molecule has 0 aliphatic heterocycles. The molecule has 1 aromatic heterocycles. The van der Waals surface area contributed by atoms with E-state index >= 15 is 0 Å². The minimum atomic E-state index is 0.566. The van der Waals surface area contributed by atoms with Crippen molar-refractivity contribution >= 4 is 28.6 Å². The predicted octanol–water partition coefficient (Wildman–Crippen LogP) is 5.25. The van der Waals surface area contributed by atoms with Gasteiger partial charge in [-0.15, -0.1) is 0 Å². The molecule has 0 saturated carbocycles. The van der Waals surface area contributed by atoms with Gasteiger partial charge in [0, 0.05) is 10.9 Å². The molecular weight excluding hydrogens is 372 g/mol. The Bertz CT molecular complexity index is 1210. The Morgan fingerprint density at radius 2 is 1.67 bits per heavy atom. The normalized spacial score (nSPS) is 11.7. The van der Waals surface area contributed by atoms with Crippen LogP contribution in [0, 0.1) is 6.92 Å². The predicted molar refractivity (Wildman–Crippen MR) is 123 cm³/mol. The number of aromatic nitrogens is 1. The van der Waals surface area contributed by atoms with Gasteiger partial charge in [0.2, 0.25) is 0 Å². The van der Waals surface area contributed by atoms with Crippen LogP contribution in [0.2, 0.25) is 0 Å². The van der Waals surface area contributed by atoms with E-state index in [-0.39, 0.29) is 0 Å². The maximum atomic E-state index is 5.38. The maximum absolute atomic E-state index is 5.38. The van der Waals surface area contributed by atoms with Crippen molar-refractivity contribution in [2.24, 2.45) is 10.1 Å². The first-order valence-electron chi connectivity index (χ1n) is 9.66. The fourth-order valence-corrected chi connectivity index (χ4v) is 3.02. The Kier molecular flexibility index (Phi) is 5.80. The number of ether oxygens (including phenoxy) is 1. The molecule has 4 aromatic rings. The average Bonchev–Trinajstić information content (AvgIpc) is 2.79. The largest absolute Gasteiger partial charge is 0.496 e. The summed E-state index contributed by atoms with van der Waals surface area (Å²) in [4.78, 5) is 9.51. The summed E-state index contributed by atoms with van der Waals surface area (Å²) in [6.07, 6.45) is 1.71. The van der Waals surface area contributed by atoms with Crippen LogP contribution in [0.5, 0.6) is 5.75 Å². The van der Waals surface area contributed by atoms with E-state index < -0.39 is 0 Å². The Hall–Kier alpha value is -3.99. The van der Waals surface area contributed by atoms with Crippen molar-refractivity contribution in [2.75, 3.05) is 7.11 Å². The van der Waals surface area contributed by atoms with Gasteiger partial charge in [-0.2, -0.15) is 5.10 Å². The van der Waals surface area contributed by atoms with E-state index in [1.807, 2.05) is 84.9 Å². The molecule has 30 heavy (non-hydrogen) atoms. The van der Waals surface area contributed by atoms with E-state index in [0.717, 1.165) is 27.9 Å². The van der Waals surface area contributed by atoms with Crippen LogP contribution in [0.3, 0.4) is 0 Å². The highest BCUT2D eigenvalue weighted by atomic mass is 16.5. The zero-order chi connectivity index (χ0) is 20.8. The van der Waals surface area contributed by atoms with Crippen LogP contribution in [0.15, 0.2) is 95.0 Å². The molecular formula is C25H22N4O. The first kappa shape index (κ1) is 19.3. The molecule has 1 N–H and O–H groups in total. The van der Waals surface area contributed by atoms with Crippen molar-refractivity contribution in [3.8, 4) is 5.75 Å². The fourth-order valence-electron chi connectivity index (χ4n) is 3.02. The van der Waals surface area contributed by atoms with Gasteiger partial charge in [-0.1, -0.05) is 54.1 Å². The van der Waals surface area contributed by atoms with E-state index in [0.29, 0.717) is 11.5 Å². The minimum absolute atomic E-state index is 0.566. The van der Waals surface area contributed by atoms with Crippen LogP contribution in [0.1, 0.15) is 16.8 Å². The minimum Gasteiger partial charge on any atom is -0.496 e. The highest BCUT2D eigenvalue weighted by Crippen LogP contribution is 2.17. The molecule has 3 aromatic carbocycles. The Morgan fingerprint density at radius 1 is 0.900 bits per heavy atom. The van der Waals surface area contributed by atoms with Crippen LogP contribution in [0.25, 0.3) is 10.9 Å². The third-order valence-electron chi connectivity index (χ3n) is 4.63. The highest BCUT2D eigenvalue weighted by Gasteiger charge is 2.07. The molecule has 5 nitrogen and oxygen atoms in total. The number of para-hydroxylation sites is 2. The lowest BCUT2D eigenvalue weighted by molar-refractivity contribution is 0.414. The van der Waals surface area contributed by atoms with Crippen molar-refractivity contribution in [2.45, 2.75) is 6.92 Å². The van der Waals surface area contributed by atoms with Gasteiger partial charge in [-0.05, 0) is 43.3 Å². The number of hydrogen-bond acceptors (Lipinski definition) is 4. The van der Waals surface area contributed by atoms with E-state index in [9.17, 15) is 0 Å². The standard InChI is InChI=1S/C25H22N4O/c1-18-11-14-21(15-12-18)27-25(23-16-13-19-7-3-5-9-22(19)28-23)29-26-17-20-8-4-6-10-24(20)30-2/h3-17H,1-2H3,(H,27,29)/b26-17+. The summed E-state index contributed by atoms with van der Waals surface area (Å²) in [5, 5.41) is 5.47. The summed E-state index contributed by atoms with van der Waals surface area (Å²) >= 11 is 0. The summed E-state index contributed by atoms with van der Waals surface area (Å²) in [6.45, 7) is 2.05. The zero-order valence-electron chi connectivity index (χ0n) is 16.9. The number of nitrogens with zero attached hydrogens (tertiary/aromatic N) is 3. The molecule has 0 amide bonds. The first-order chi connectivity index (χ1) is 14.7. The molecule has 0 aliphatic rings. The summed E-state index contributed by atoms with van der Waals surface area (Å²) in [5.41, 5.74) is 7.56. The molecule has 0 aliphatic carbocycles. The van der Waals surface area contributed by atoms with Crippen molar-refractivity contribution in [1.29, 1.82) is 0 Å². The smallest absolute Gasteiger partial charge is 0.173 e. The van der Waals surface area contributed by atoms with Crippen molar-refractivity contribution in [3.63, 3.8) is 0 Å². The van der Waals surface area contributed by atoms with Gasteiger partial charge in [0.05, 0.1) is 24.5 Å². The van der Waals surface area contributed by atoms with Crippen LogP contribution in [0.4, 0.5) is 5.69 Å². The fraction of sp³-hybridized carbons (Fsp3) is 0.0800. The molecule has 0 bridgehead atoms. The van der Waals surface area contributed by atoms with Crippen molar-refractivity contribution < 1.29 is 4.74 Å². The Labute approximate surface area is 175 Å². The molecule has 1 heterocycles. The molecule has 148 valence electrons. The van der Waals surface area contributed by atoms with Crippen molar-refractivity contribution in [3.05, 3.63) is 102 Å². The second-order valence-corrected chi connectivity index (χ2v) is 6.80. The van der Waals surface area contributed by atoms with Gasteiger partial charge in [0.1, 0.15) is 11.4 Å². The zero-order valence-corrected chi connectivity index (χ0v) is 16.9. The molecule has 0 atom stereocenters. The quantitative estimate of drug-likeness (QED) is 0.286. The topological polar surface area (TPSA) is 58.9 Å². The number of hydrogen-bond donors (Lipinski definition) is 1. The van der Waals surface area contributed by atoms with E-state index in [1.165, 1.54) is 5.56 Å². The Balaban J connectivity index is 1.69. The van der Waals surface area contributed by atoms with E-state index in [4.69, 9.17) is 14.7 Å². The molecule has 0 unspecified atom stereocenters. The number of methoxy groups -OCH3 is 1. The number of fused-ring (bicyclic) bond motifs is 1. The van der Waals surface area contributed by atoms with Gasteiger partial charge >= 0.3 is 0 Å². The van der Waals surface area contributed by atoms with E-state index in [1.54, 1.807) is 13.3 Å². The molecule has 0 fully saturated rings. The van der Waals surface area contributed by atoms with E-state index in [2.05, 4.69) is 17.5 Å². The highest BCUT2D eigenvalue weighted by molar-refractivity contribution is 6.00. The van der Waals surface area contributed by atoms with Crippen molar-refractivity contribution in [1.82, 2.24) is 10.4 Å². The lowest BCUT2D eigenvalue weighted by Crippen LogP contribution is -2.20. The molecule has 0 saturated heterocycles. The maximum Gasteiger partial charge on any atom is 0.173 e. The molecule has 0 radical (unpaired) electrons. The number of aryl methyl sites for hydroxylation is 1. The summed E-state index contributed by atoms with van der Waals surface area (Å²) < 4.78 is 5.38. The second kappa shape index (κ2) is 9.01. The lowest BCUT2D eigenvalue weighted by Gasteiger charge is -2.08. The lowest BCUT2D eigenvalue weighted by atomic mass is 10.2. The molecule has 5 heteroatoms. The van der Waals surface area contributed by atoms with Gasteiger partial charge in [0.25, 0.3) is 0 Å². The monoisotopic (exact) mass is 394 g/mol. The second-order valence-electron chi connectivity index (χ2n) is 6.80. The SMILES string of the molecule is COc1ccccc1/C=N/NC(=Nc1ccc(C)cc1)c1ccc2ccccc2n1. The van der Waals surface area contributed by atoms with Gasteiger partial charge in [-0.25, -0.2) is 9.98 Å². The average molecular weight is 394 g/mol. The Morgan fingerprint density at radius 3 is 2.50 bits per heavy atom. The number of rotatable bonds is 5. The number of aliphatic imine (C=N–C) groups is 1. The number of nitrogens with one attached hydrogen (secondary N) is 1. The first-order valence-corrected chi connectivity index (χ1v) is 9.66. The van der Waals surface area contributed by atoms with Crippen LogP contribution in [-0.2, 0) is 0 Å². The van der Waals surface area contributed by atoms with Crippen LogP contribution >= 0.6 is 0 Å². The molecule has 4 rings (SSSR count). The number of benzene rings is 3. The number of hydrazone groups is 1. The van der Waals surface area contributed by atoms with Gasteiger partial charge < -0.3 is 4.74 Å². The third kappa shape index (κ3) is 4.52. The number of pyridine rings is 1. The van der Waals surface area contributed by atoms with Crippen LogP contribution in [-0.4, -0.2) is 24.1 Å².